The fourth-order valence-electron chi connectivity index (χ4n) is 7.81. The number of para-hydroxylation sites is 2. The summed E-state index contributed by atoms with van der Waals surface area (Å²) in [4.78, 5) is 10.3. The molecule has 232 valence electrons. The van der Waals surface area contributed by atoms with Crippen molar-refractivity contribution < 1.29 is 8.83 Å². The van der Waals surface area contributed by atoms with Crippen LogP contribution in [0.1, 0.15) is 0 Å². The molecule has 0 bridgehead atoms. The number of nitrogens with zero attached hydrogens (tertiary/aromatic N) is 2. The summed E-state index contributed by atoms with van der Waals surface area (Å²) in [5.74, 6) is 0. The highest BCUT2D eigenvalue weighted by Crippen LogP contribution is 2.46. The summed E-state index contributed by atoms with van der Waals surface area (Å²) in [5, 5.41) is 8.72. The van der Waals surface area contributed by atoms with Crippen LogP contribution in [-0.4, -0.2) is 9.97 Å². The smallest absolute Gasteiger partial charge is 0.147 e. The van der Waals surface area contributed by atoms with Crippen molar-refractivity contribution in [3.63, 3.8) is 0 Å². The monoisotopic (exact) mass is 638 g/mol. The molecule has 3 heterocycles. The zero-order valence-electron chi connectivity index (χ0n) is 26.7. The maximum atomic E-state index is 6.83. The molecular formula is C46H26N2O2. The van der Waals surface area contributed by atoms with E-state index in [-0.39, 0.29) is 0 Å². The van der Waals surface area contributed by atoms with Gasteiger partial charge in [-0.3, -0.25) is 4.98 Å². The lowest BCUT2D eigenvalue weighted by Crippen LogP contribution is -1.92. The van der Waals surface area contributed by atoms with E-state index in [1.807, 2.05) is 24.4 Å². The Balaban J connectivity index is 1.16. The Morgan fingerprint density at radius 1 is 0.380 bits per heavy atom. The molecule has 0 aliphatic carbocycles. The number of aromatic nitrogens is 2. The van der Waals surface area contributed by atoms with Crippen LogP contribution in [0.2, 0.25) is 0 Å². The van der Waals surface area contributed by atoms with E-state index in [0.29, 0.717) is 0 Å². The predicted molar refractivity (Wildman–Crippen MR) is 205 cm³/mol. The highest BCUT2D eigenvalue weighted by molar-refractivity contribution is 6.26. The number of rotatable bonds is 3. The molecular weight excluding hydrogens is 613 g/mol. The molecule has 11 rings (SSSR count). The van der Waals surface area contributed by atoms with E-state index in [4.69, 9.17) is 18.8 Å². The van der Waals surface area contributed by atoms with Crippen molar-refractivity contribution in [1.82, 2.24) is 9.97 Å². The van der Waals surface area contributed by atoms with Crippen molar-refractivity contribution >= 4 is 76.5 Å². The molecule has 8 aromatic carbocycles. The Morgan fingerprint density at radius 2 is 1.02 bits per heavy atom. The maximum Gasteiger partial charge on any atom is 0.147 e. The minimum atomic E-state index is 0.804. The topological polar surface area (TPSA) is 52.1 Å². The van der Waals surface area contributed by atoms with Crippen molar-refractivity contribution in [2.75, 3.05) is 0 Å². The molecule has 0 spiro atoms. The van der Waals surface area contributed by atoms with Crippen molar-refractivity contribution in [2.24, 2.45) is 0 Å². The van der Waals surface area contributed by atoms with E-state index in [1.54, 1.807) is 0 Å². The molecule has 11 aromatic rings. The van der Waals surface area contributed by atoms with Gasteiger partial charge < -0.3 is 8.83 Å². The normalized spacial score (nSPS) is 12.0. The third-order valence-corrected chi connectivity index (χ3v) is 10.1. The van der Waals surface area contributed by atoms with Gasteiger partial charge in [0.2, 0.25) is 0 Å². The molecule has 0 aliphatic rings. The van der Waals surface area contributed by atoms with E-state index in [9.17, 15) is 0 Å². The van der Waals surface area contributed by atoms with Crippen LogP contribution in [-0.2, 0) is 0 Å². The van der Waals surface area contributed by atoms with Crippen LogP contribution < -0.4 is 0 Å². The summed E-state index contributed by atoms with van der Waals surface area (Å²) in [6.45, 7) is 0. The van der Waals surface area contributed by atoms with Gasteiger partial charge in [-0.2, -0.15) is 0 Å². The van der Waals surface area contributed by atoms with Crippen LogP contribution in [0.25, 0.3) is 110 Å². The van der Waals surface area contributed by atoms with Crippen LogP contribution in [0.5, 0.6) is 0 Å². The van der Waals surface area contributed by atoms with Gasteiger partial charge in [-0.05, 0) is 40.1 Å². The van der Waals surface area contributed by atoms with Crippen LogP contribution in [0.3, 0.4) is 0 Å². The van der Waals surface area contributed by atoms with Gasteiger partial charge >= 0.3 is 0 Å². The van der Waals surface area contributed by atoms with Gasteiger partial charge in [0.15, 0.2) is 0 Å². The number of benzene rings is 8. The van der Waals surface area contributed by atoms with E-state index in [1.165, 1.54) is 10.8 Å². The molecule has 0 unspecified atom stereocenters. The first-order valence-electron chi connectivity index (χ1n) is 16.8. The SMILES string of the molecule is c1ccc(-c2cccc3c2oc2c3cc(-c3cccc(-c4cnc5c6ccccc6c6ccccc6c5n4)c3)c3oc4ccccc4c32)cc1. The molecule has 0 radical (unpaired) electrons. The average molecular weight is 639 g/mol. The second-order valence-electron chi connectivity index (χ2n) is 12.9. The molecule has 0 saturated carbocycles. The van der Waals surface area contributed by atoms with E-state index < -0.39 is 0 Å². The van der Waals surface area contributed by atoms with Gasteiger partial charge in [-0.25, -0.2) is 4.98 Å². The highest BCUT2D eigenvalue weighted by atomic mass is 16.3. The van der Waals surface area contributed by atoms with Crippen molar-refractivity contribution in [1.29, 1.82) is 0 Å². The first kappa shape index (κ1) is 27.2. The summed E-state index contributed by atoms with van der Waals surface area (Å²) < 4.78 is 13.5. The highest BCUT2D eigenvalue weighted by Gasteiger charge is 2.22. The summed E-state index contributed by atoms with van der Waals surface area (Å²) in [6, 6.07) is 52.7. The van der Waals surface area contributed by atoms with Crippen molar-refractivity contribution in [3.05, 3.63) is 158 Å². The Bertz CT molecular complexity index is 3120. The molecule has 0 N–H and O–H groups in total. The first-order chi connectivity index (χ1) is 24.8. The Hall–Kier alpha value is -6.78. The van der Waals surface area contributed by atoms with Crippen molar-refractivity contribution in [3.8, 4) is 33.5 Å². The lowest BCUT2D eigenvalue weighted by molar-refractivity contribution is 0.664. The predicted octanol–water partition coefficient (Wildman–Crippen LogP) is 12.7. The van der Waals surface area contributed by atoms with E-state index in [0.717, 1.165) is 99.2 Å². The molecule has 50 heavy (non-hydrogen) atoms. The number of hydrogen-bond acceptors (Lipinski definition) is 4. The molecule has 0 atom stereocenters. The van der Waals surface area contributed by atoms with Crippen LogP contribution in [0.4, 0.5) is 0 Å². The zero-order valence-corrected chi connectivity index (χ0v) is 26.7. The molecule has 0 fully saturated rings. The van der Waals surface area contributed by atoms with Gasteiger partial charge in [-0.15, -0.1) is 0 Å². The lowest BCUT2D eigenvalue weighted by Gasteiger charge is -2.11. The summed E-state index contributed by atoms with van der Waals surface area (Å²) in [5.41, 5.74) is 11.2. The van der Waals surface area contributed by atoms with Crippen LogP contribution in [0, 0.1) is 0 Å². The van der Waals surface area contributed by atoms with Crippen molar-refractivity contribution in [2.45, 2.75) is 0 Å². The third kappa shape index (κ3) is 3.87. The largest absolute Gasteiger partial charge is 0.455 e. The minimum Gasteiger partial charge on any atom is -0.455 e. The first-order valence-corrected chi connectivity index (χ1v) is 16.8. The fraction of sp³-hybridized carbons (Fsp3) is 0. The van der Waals surface area contributed by atoms with Gasteiger partial charge in [0.05, 0.1) is 28.3 Å². The molecule has 0 amide bonds. The minimum absolute atomic E-state index is 0.804. The third-order valence-electron chi connectivity index (χ3n) is 10.1. The summed E-state index contributed by atoms with van der Waals surface area (Å²) >= 11 is 0. The fourth-order valence-corrected chi connectivity index (χ4v) is 7.81. The molecule has 4 nitrogen and oxygen atoms in total. The van der Waals surface area contributed by atoms with E-state index in [2.05, 4.69) is 133 Å². The molecule has 3 aromatic heterocycles. The van der Waals surface area contributed by atoms with Gasteiger partial charge in [0.1, 0.15) is 22.3 Å². The van der Waals surface area contributed by atoms with Gasteiger partial charge in [-0.1, -0.05) is 133 Å². The van der Waals surface area contributed by atoms with Gasteiger partial charge in [0.25, 0.3) is 0 Å². The average Bonchev–Trinajstić information content (AvgIpc) is 3.77. The Kier molecular flexibility index (Phi) is 5.63. The molecule has 0 saturated heterocycles. The number of fused-ring (bicyclic) bond motifs is 13. The second kappa shape index (κ2) is 10.4. The zero-order chi connectivity index (χ0) is 32.8. The van der Waals surface area contributed by atoms with Gasteiger partial charge in [0, 0.05) is 43.6 Å². The second-order valence-corrected chi connectivity index (χ2v) is 12.9. The molecule has 0 aliphatic heterocycles. The molecule has 4 heteroatoms. The number of hydrogen-bond donors (Lipinski definition) is 0. The quantitative estimate of drug-likeness (QED) is 0.181. The summed E-state index contributed by atoms with van der Waals surface area (Å²) in [7, 11) is 0. The maximum absolute atomic E-state index is 6.83. The Labute approximate surface area is 285 Å². The van der Waals surface area contributed by atoms with E-state index >= 15 is 0 Å². The Morgan fingerprint density at radius 3 is 1.84 bits per heavy atom. The van der Waals surface area contributed by atoms with Crippen LogP contribution >= 0.6 is 0 Å². The standard InChI is InChI=1S/C46H26N2O2/c1-2-12-27(13-3-1)30-21-11-22-35-38-25-37(45-41(46(38)50-44(30)35)36-20-8-9-23-40(36)49-45)28-14-10-15-29(24-28)39-26-47-42-33-18-6-4-16-31(33)32-17-5-7-19-34(32)43(42)48-39/h1-26H. The number of furan rings is 2. The summed E-state index contributed by atoms with van der Waals surface area (Å²) in [6.07, 6.45) is 1.90. The lowest BCUT2D eigenvalue weighted by atomic mass is 9.96. The van der Waals surface area contributed by atoms with Crippen LogP contribution in [0.15, 0.2) is 167 Å².